The molecule has 0 rings (SSSR count). The number of unbranched alkanes of at least 4 members (excludes halogenated alkanes) is 9. The Bertz CT molecular complexity index is 178. The summed E-state index contributed by atoms with van der Waals surface area (Å²) in [5.41, 5.74) is 5.39. The number of halogens is 1. The molecule has 0 aromatic rings. The largest absolute Gasteiger partial charge is 0.327 e. The van der Waals surface area contributed by atoms with Gasteiger partial charge in [-0.25, -0.2) is 0 Å². The summed E-state index contributed by atoms with van der Waals surface area (Å²) in [5.74, 6) is 0.887. The quantitative estimate of drug-likeness (QED) is 0.333. The minimum Gasteiger partial charge on any atom is -0.327 e. The van der Waals surface area contributed by atoms with Gasteiger partial charge in [0.25, 0.3) is 0 Å². The van der Waals surface area contributed by atoms with Crippen molar-refractivity contribution in [1.82, 2.24) is 0 Å². The Morgan fingerprint density at radius 2 is 1.21 bits per heavy atom. The van der Waals surface area contributed by atoms with Gasteiger partial charge in [0, 0.05) is 6.54 Å². The minimum atomic E-state index is 0. The Morgan fingerprint density at radius 3 is 1.68 bits per heavy atom. The Labute approximate surface area is 127 Å². The second kappa shape index (κ2) is 18.0. The normalized spacial score (nSPS) is 11.2. The maximum absolute atomic E-state index is 5.39. The smallest absolute Gasteiger partial charge is 0.0106 e. The van der Waals surface area contributed by atoms with Gasteiger partial charge in [-0.1, -0.05) is 83.8 Å². The Balaban J connectivity index is 0. The van der Waals surface area contributed by atoms with E-state index in [4.69, 9.17) is 5.73 Å². The van der Waals surface area contributed by atoms with Crippen LogP contribution in [0, 0.1) is 5.92 Å². The van der Waals surface area contributed by atoms with E-state index >= 15 is 0 Å². The average molecular weight is 290 g/mol. The molecule has 2 heteroatoms. The van der Waals surface area contributed by atoms with E-state index in [0.717, 1.165) is 5.92 Å². The van der Waals surface area contributed by atoms with Crippen molar-refractivity contribution in [2.45, 2.75) is 84.5 Å². The Morgan fingerprint density at radius 1 is 0.737 bits per heavy atom. The van der Waals surface area contributed by atoms with Crippen LogP contribution in [0.25, 0.3) is 0 Å². The zero-order chi connectivity index (χ0) is 13.5. The molecule has 0 fully saturated rings. The molecule has 0 spiro atoms. The van der Waals surface area contributed by atoms with Crippen molar-refractivity contribution in [3.8, 4) is 0 Å². The van der Waals surface area contributed by atoms with Gasteiger partial charge in [-0.15, -0.1) is 12.4 Å². The molecule has 1 nitrogen and oxygen atoms in total. The van der Waals surface area contributed by atoms with Crippen molar-refractivity contribution in [3.63, 3.8) is 0 Å². The van der Waals surface area contributed by atoms with Crippen molar-refractivity contribution < 1.29 is 0 Å². The van der Waals surface area contributed by atoms with Gasteiger partial charge in [0.1, 0.15) is 0 Å². The SMILES string of the molecule is CC(C)CCCCCCCCCCCC=CCN.Cl. The molecule has 0 aromatic carbocycles. The molecule has 0 aromatic heterocycles. The molecular weight excluding hydrogens is 254 g/mol. The predicted molar refractivity (Wildman–Crippen MR) is 91.1 cm³/mol. The van der Waals surface area contributed by atoms with Crippen LogP contribution in [0.4, 0.5) is 0 Å². The van der Waals surface area contributed by atoms with Gasteiger partial charge in [-0.05, 0) is 18.8 Å². The first-order valence-corrected chi connectivity index (χ1v) is 8.12. The van der Waals surface area contributed by atoms with Gasteiger partial charge in [0.2, 0.25) is 0 Å². The second-order valence-electron chi connectivity index (χ2n) is 5.86. The predicted octanol–water partition coefficient (Wildman–Crippen LogP) is 5.87. The van der Waals surface area contributed by atoms with Gasteiger partial charge in [-0.3, -0.25) is 0 Å². The lowest BCUT2D eigenvalue weighted by Gasteiger charge is -2.04. The maximum Gasteiger partial charge on any atom is 0.0106 e. The van der Waals surface area contributed by atoms with Crippen LogP contribution in [-0.4, -0.2) is 6.54 Å². The summed E-state index contributed by atoms with van der Waals surface area (Å²) in [6.07, 6.45) is 19.7. The third kappa shape index (κ3) is 20.5. The van der Waals surface area contributed by atoms with Crippen LogP contribution in [0.1, 0.15) is 84.5 Å². The number of allylic oxidation sites excluding steroid dienone is 1. The summed E-state index contributed by atoms with van der Waals surface area (Å²) < 4.78 is 0. The molecule has 0 amide bonds. The van der Waals surface area contributed by atoms with Gasteiger partial charge >= 0.3 is 0 Å². The lowest BCUT2D eigenvalue weighted by atomic mass is 10.0. The first-order valence-electron chi connectivity index (χ1n) is 8.12. The van der Waals surface area contributed by atoms with Crippen LogP contribution in [0.2, 0.25) is 0 Å². The van der Waals surface area contributed by atoms with Gasteiger partial charge < -0.3 is 5.73 Å². The highest BCUT2D eigenvalue weighted by Crippen LogP contribution is 2.13. The van der Waals surface area contributed by atoms with Crippen LogP contribution >= 0.6 is 12.4 Å². The van der Waals surface area contributed by atoms with E-state index in [9.17, 15) is 0 Å². The van der Waals surface area contributed by atoms with Crippen LogP contribution in [-0.2, 0) is 0 Å². The number of nitrogens with two attached hydrogens (primary N) is 1. The summed E-state index contributed by atoms with van der Waals surface area (Å²) >= 11 is 0. The summed E-state index contributed by atoms with van der Waals surface area (Å²) in [5, 5.41) is 0. The lowest BCUT2D eigenvalue weighted by Crippen LogP contribution is -1.91. The van der Waals surface area contributed by atoms with E-state index in [0.29, 0.717) is 6.54 Å². The molecule has 2 N–H and O–H groups in total. The molecule has 0 heterocycles. The molecule has 0 aliphatic carbocycles. The molecule has 0 aliphatic rings. The topological polar surface area (TPSA) is 26.0 Å². The van der Waals surface area contributed by atoms with Gasteiger partial charge in [0.15, 0.2) is 0 Å². The Kier molecular flexibility index (Phi) is 20.2. The van der Waals surface area contributed by atoms with E-state index in [1.165, 1.54) is 70.6 Å². The summed E-state index contributed by atoms with van der Waals surface area (Å²) in [7, 11) is 0. The molecule has 0 unspecified atom stereocenters. The molecule has 0 saturated heterocycles. The lowest BCUT2D eigenvalue weighted by molar-refractivity contribution is 0.506. The van der Waals surface area contributed by atoms with Crippen LogP contribution in [0.3, 0.4) is 0 Å². The molecule has 0 bridgehead atoms. The van der Waals surface area contributed by atoms with Crippen LogP contribution < -0.4 is 5.73 Å². The Hall–Kier alpha value is -0.0100. The molecule has 0 aliphatic heterocycles. The zero-order valence-corrected chi connectivity index (χ0v) is 14.0. The molecule has 0 saturated carbocycles. The fraction of sp³-hybridized carbons (Fsp3) is 0.882. The third-order valence-corrected chi connectivity index (χ3v) is 3.46. The van der Waals surface area contributed by atoms with Crippen LogP contribution in [0.15, 0.2) is 12.2 Å². The minimum absolute atomic E-state index is 0. The standard InChI is InChI=1S/C17H35N.ClH/c1-17(2)15-13-11-9-7-5-3-4-6-8-10-12-14-16-18;/h12,14,17H,3-11,13,15-16,18H2,1-2H3;1H. The number of hydrogen-bond donors (Lipinski definition) is 1. The van der Waals surface area contributed by atoms with Crippen molar-refractivity contribution in [1.29, 1.82) is 0 Å². The van der Waals surface area contributed by atoms with Gasteiger partial charge in [0.05, 0.1) is 0 Å². The zero-order valence-electron chi connectivity index (χ0n) is 13.2. The molecule has 19 heavy (non-hydrogen) atoms. The van der Waals surface area contributed by atoms with Crippen molar-refractivity contribution in [3.05, 3.63) is 12.2 Å². The van der Waals surface area contributed by atoms with E-state index in [1.807, 2.05) is 0 Å². The van der Waals surface area contributed by atoms with E-state index in [-0.39, 0.29) is 12.4 Å². The molecule has 0 atom stereocenters. The highest BCUT2D eigenvalue weighted by Gasteiger charge is 1.95. The van der Waals surface area contributed by atoms with E-state index < -0.39 is 0 Å². The fourth-order valence-corrected chi connectivity index (χ4v) is 2.27. The van der Waals surface area contributed by atoms with E-state index in [2.05, 4.69) is 26.0 Å². The molecular formula is C17H36ClN. The maximum atomic E-state index is 5.39. The van der Waals surface area contributed by atoms with Gasteiger partial charge in [-0.2, -0.15) is 0 Å². The fourth-order valence-electron chi connectivity index (χ4n) is 2.27. The number of rotatable bonds is 13. The summed E-state index contributed by atoms with van der Waals surface area (Å²) in [6.45, 7) is 5.34. The van der Waals surface area contributed by atoms with Crippen LogP contribution in [0.5, 0.6) is 0 Å². The molecule has 0 radical (unpaired) electrons. The van der Waals surface area contributed by atoms with E-state index in [1.54, 1.807) is 0 Å². The summed E-state index contributed by atoms with van der Waals surface area (Å²) in [4.78, 5) is 0. The highest BCUT2D eigenvalue weighted by atomic mass is 35.5. The van der Waals surface area contributed by atoms with Crippen molar-refractivity contribution >= 4 is 12.4 Å². The highest BCUT2D eigenvalue weighted by molar-refractivity contribution is 5.85. The van der Waals surface area contributed by atoms with Crippen molar-refractivity contribution in [2.24, 2.45) is 11.7 Å². The first kappa shape index (κ1) is 21.3. The first-order chi connectivity index (χ1) is 8.77. The molecule has 116 valence electrons. The average Bonchev–Trinajstić information content (AvgIpc) is 2.34. The number of hydrogen-bond acceptors (Lipinski definition) is 1. The second-order valence-corrected chi connectivity index (χ2v) is 5.86. The summed E-state index contributed by atoms with van der Waals surface area (Å²) in [6, 6.07) is 0. The monoisotopic (exact) mass is 289 g/mol. The van der Waals surface area contributed by atoms with Crippen molar-refractivity contribution in [2.75, 3.05) is 6.54 Å². The third-order valence-electron chi connectivity index (χ3n) is 3.46.